The number of benzene rings is 1. The van der Waals surface area contributed by atoms with Gasteiger partial charge in [-0.3, -0.25) is 14.6 Å². The van der Waals surface area contributed by atoms with Crippen LogP contribution < -0.4 is 10.6 Å². The van der Waals surface area contributed by atoms with Gasteiger partial charge in [-0.1, -0.05) is 6.07 Å². The summed E-state index contributed by atoms with van der Waals surface area (Å²) >= 11 is 0. The number of rotatable bonds is 5. The highest BCUT2D eigenvalue weighted by molar-refractivity contribution is 6.04. The molecule has 1 aromatic carbocycles. The van der Waals surface area contributed by atoms with Crippen LogP contribution in [0.15, 0.2) is 65.4 Å². The maximum absolute atomic E-state index is 12.3. The van der Waals surface area contributed by atoms with E-state index >= 15 is 0 Å². The van der Waals surface area contributed by atoms with E-state index in [2.05, 4.69) is 15.6 Å². The number of amides is 2. The van der Waals surface area contributed by atoms with E-state index in [0.717, 1.165) is 0 Å². The first-order valence-electron chi connectivity index (χ1n) is 7.74. The highest BCUT2D eigenvalue weighted by Gasteiger charge is 2.12. The van der Waals surface area contributed by atoms with Gasteiger partial charge in [0.1, 0.15) is 11.5 Å². The van der Waals surface area contributed by atoms with Crippen molar-refractivity contribution in [1.82, 2.24) is 10.3 Å². The Morgan fingerprint density at radius 1 is 1.12 bits per heavy atom. The van der Waals surface area contributed by atoms with Gasteiger partial charge in [-0.25, -0.2) is 0 Å². The van der Waals surface area contributed by atoms with E-state index in [1.807, 2.05) is 6.07 Å². The van der Waals surface area contributed by atoms with E-state index in [9.17, 15) is 9.59 Å². The molecular formula is C19H14N4O3. The molecule has 2 amide bonds. The predicted octanol–water partition coefficient (Wildman–Crippen LogP) is 2.73. The monoisotopic (exact) mass is 346 g/mol. The number of nitriles is 1. The number of anilines is 1. The number of hydrogen-bond acceptors (Lipinski definition) is 5. The van der Waals surface area contributed by atoms with Crippen molar-refractivity contribution in [3.8, 4) is 6.07 Å². The van der Waals surface area contributed by atoms with Gasteiger partial charge in [-0.2, -0.15) is 5.26 Å². The Kier molecular flexibility index (Phi) is 5.05. The largest absolute Gasteiger partial charge is 0.467 e. The summed E-state index contributed by atoms with van der Waals surface area (Å²) in [6.45, 7) is 0.247. The fraction of sp³-hybridized carbons (Fsp3) is 0.0526. The molecule has 0 spiro atoms. The van der Waals surface area contributed by atoms with Gasteiger partial charge in [0.15, 0.2) is 0 Å². The van der Waals surface area contributed by atoms with E-state index in [4.69, 9.17) is 9.68 Å². The maximum Gasteiger partial charge on any atom is 0.274 e. The Labute approximate surface area is 149 Å². The fourth-order valence-corrected chi connectivity index (χ4v) is 2.24. The van der Waals surface area contributed by atoms with Crippen LogP contribution in [0, 0.1) is 11.3 Å². The number of nitrogens with one attached hydrogen (secondary N) is 2. The van der Waals surface area contributed by atoms with Gasteiger partial charge < -0.3 is 15.1 Å². The lowest BCUT2D eigenvalue weighted by atomic mass is 10.2. The zero-order chi connectivity index (χ0) is 18.4. The summed E-state index contributed by atoms with van der Waals surface area (Å²) in [5, 5.41) is 14.3. The van der Waals surface area contributed by atoms with E-state index in [-0.39, 0.29) is 18.1 Å². The van der Waals surface area contributed by atoms with Crippen molar-refractivity contribution in [1.29, 1.82) is 5.26 Å². The van der Waals surface area contributed by atoms with Gasteiger partial charge in [-0.15, -0.1) is 0 Å². The molecule has 0 unspecified atom stereocenters. The van der Waals surface area contributed by atoms with Gasteiger partial charge in [0, 0.05) is 17.4 Å². The molecular weight excluding hydrogens is 332 g/mol. The summed E-state index contributed by atoms with van der Waals surface area (Å²) < 4.78 is 5.15. The van der Waals surface area contributed by atoms with Crippen molar-refractivity contribution in [3.63, 3.8) is 0 Å². The van der Waals surface area contributed by atoms with Gasteiger partial charge in [0.25, 0.3) is 11.8 Å². The molecule has 2 N–H and O–H groups in total. The lowest BCUT2D eigenvalue weighted by molar-refractivity contribution is 0.0948. The van der Waals surface area contributed by atoms with E-state index in [1.54, 1.807) is 36.4 Å². The Morgan fingerprint density at radius 3 is 2.77 bits per heavy atom. The highest BCUT2D eigenvalue weighted by atomic mass is 16.3. The van der Waals surface area contributed by atoms with Gasteiger partial charge in [-0.05, 0) is 42.5 Å². The van der Waals surface area contributed by atoms with Crippen LogP contribution in [0.2, 0.25) is 0 Å². The molecule has 2 heterocycles. The molecule has 7 heteroatoms. The molecule has 128 valence electrons. The summed E-state index contributed by atoms with van der Waals surface area (Å²) in [7, 11) is 0. The van der Waals surface area contributed by atoms with Crippen molar-refractivity contribution in [2.75, 3.05) is 5.32 Å². The van der Waals surface area contributed by atoms with Crippen molar-refractivity contribution in [2.24, 2.45) is 0 Å². The highest BCUT2D eigenvalue weighted by Crippen LogP contribution is 2.12. The number of carbonyl (C=O) groups is 2. The molecule has 0 atom stereocenters. The van der Waals surface area contributed by atoms with E-state index in [0.29, 0.717) is 22.6 Å². The topological polar surface area (TPSA) is 108 Å². The summed E-state index contributed by atoms with van der Waals surface area (Å²) in [5.74, 6) is -0.187. The minimum absolute atomic E-state index is 0.0954. The fourth-order valence-electron chi connectivity index (χ4n) is 2.24. The third-order valence-electron chi connectivity index (χ3n) is 3.51. The van der Waals surface area contributed by atoms with Crippen LogP contribution >= 0.6 is 0 Å². The molecule has 0 saturated heterocycles. The van der Waals surface area contributed by atoms with Crippen molar-refractivity contribution >= 4 is 17.5 Å². The molecule has 7 nitrogen and oxygen atoms in total. The van der Waals surface area contributed by atoms with Crippen LogP contribution in [0.5, 0.6) is 0 Å². The van der Waals surface area contributed by atoms with E-state index < -0.39 is 5.91 Å². The molecule has 26 heavy (non-hydrogen) atoms. The van der Waals surface area contributed by atoms with Crippen LogP contribution in [0.3, 0.4) is 0 Å². The quantitative estimate of drug-likeness (QED) is 0.738. The normalized spacial score (nSPS) is 9.96. The second-order valence-corrected chi connectivity index (χ2v) is 5.34. The van der Waals surface area contributed by atoms with Gasteiger partial charge >= 0.3 is 0 Å². The van der Waals surface area contributed by atoms with Crippen LogP contribution in [-0.2, 0) is 6.54 Å². The predicted molar refractivity (Wildman–Crippen MR) is 93.2 cm³/mol. The maximum atomic E-state index is 12.3. The standard InChI is InChI=1S/C19H14N4O3/c20-11-13-3-1-4-15(9-13)23-19(25)17-10-14(6-7-21-17)18(24)22-12-16-5-2-8-26-16/h1-10H,12H2,(H,22,24)(H,23,25). The first kappa shape index (κ1) is 16.9. The first-order valence-corrected chi connectivity index (χ1v) is 7.74. The molecule has 0 fully saturated rings. The zero-order valence-corrected chi connectivity index (χ0v) is 13.6. The number of furan rings is 1. The Hall–Kier alpha value is -3.92. The SMILES string of the molecule is N#Cc1cccc(NC(=O)c2cc(C(=O)NCc3ccco3)ccn2)c1. The summed E-state index contributed by atoms with van der Waals surface area (Å²) in [5.41, 5.74) is 1.31. The molecule has 0 aliphatic carbocycles. The van der Waals surface area contributed by atoms with E-state index in [1.165, 1.54) is 24.6 Å². The number of aromatic nitrogens is 1. The second kappa shape index (κ2) is 7.77. The Balaban J connectivity index is 1.68. The van der Waals surface area contributed by atoms with Crippen molar-refractivity contribution in [3.05, 3.63) is 83.6 Å². The van der Waals surface area contributed by atoms with Crippen LogP contribution in [-0.4, -0.2) is 16.8 Å². The molecule has 3 aromatic rings. The van der Waals surface area contributed by atoms with Gasteiger partial charge in [0.2, 0.25) is 0 Å². The van der Waals surface area contributed by atoms with Crippen LogP contribution in [0.4, 0.5) is 5.69 Å². The average Bonchev–Trinajstić information content (AvgIpc) is 3.20. The molecule has 0 aliphatic heterocycles. The molecule has 0 aliphatic rings. The summed E-state index contributed by atoms with van der Waals surface area (Å²) in [6, 6.07) is 14.9. The van der Waals surface area contributed by atoms with Crippen molar-refractivity contribution in [2.45, 2.75) is 6.54 Å². The van der Waals surface area contributed by atoms with Crippen molar-refractivity contribution < 1.29 is 14.0 Å². The zero-order valence-electron chi connectivity index (χ0n) is 13.6. The molecule has 0 saturated carbocycles. The number of carbonyl (C=O) groups excluding carboxylic acids is 2. The number of pyridine rings is 1. The average molecular weight is 346 g/mol. The molecule has 0 bridgehead atoms. The lowest BCUT2D eigenvalue weighted by Crippen LogP contribution is -2.23. The Morgan fingerprint density at radius 2 is 2.00 bits per heavy atom. The first-order chi connectivity index (χ1) is 12.7. The lowest BCUT2D eigenvalue weighted by Gasteiger charge is -2.07. The number of hydrogen-bond donors (Lipinski definition) is 2. The molecule has 0 radical (unpaired) electrons. The molecule has 3 rings (SSSR count). The minimum Gasteiger partial charge on any atom is -0.467 e. The van der Waals surface area contributed by atoms with Gasteiger partial charge in [0.05, 0.1) is 24.4 Å². The summed E-state index contributed by atoms with van der Waals surface area (Å²) in [4.78, 5) is 28.5. The van der Waals surface area contributed by atoms with Crippen LogP contribution in [0.25, 0.3) is 0 Å². The van der Waals surface area contributed by atoms with Crippen LogP contribution in [0.1, 0.15) is 32.2 Å². The Bertz CT molecular complexity index is 974. The number of nitrogens with zero attached hydrogens (tertiary/aromatic N) is 2. The smallest absolute Gasteiger partial charge is 0.274 e. The third kappa shape index (κ3) is 4.13. The third-order valence-corrected chi connectivity index (χ3v) is 3.51. The second-order valence-electron chi connectivity index (χ2n) is 5.34. The molecule has 2 aromatic heterocycles. The minimum atomic E-state index is -0.472. The summed E-state index contributed by atoms with van der Waals surface area (Å²) in [6.07, 6.45) is 2.92.